The molecule has 0 amide bonds. The fourth-order valence-corrected chi connectivity index (χ4v) is 2.86. The van der Waals surface area contributed by atoms with Crippen LogP contribution in [0.4, 0.5) is 5.69 Å². The normalized spacial score (nSPS) is 21.4. The highest BCUT2D eigenvalue weighted by atomic mass is 16.5. The van der Waals surface area contributed by atoms with Gasteiger partial charge in [0.25, 0.3) is 0 Å². The number of rotatable bonds is 5. The van der Waals surface area contributed by atoms with Gasteiger partial charge in [0.15, 0.2) is 0 Å². The highest BCUT2D eigenvalue weighted by Crippen LogP contribution is 2.40. The molecule has 0 aromatic heterocycles. The molecule has 1 atom stereocenters. The van der Waals surface area contributed by atoms with Gasteiger partial charge in [-0.25, -0.2) is 0 Å². The molecule has 2 heteroatoms. The zero-order valence-electron chi connectivity index (χ0n) is 12.8. The predicted octanol–water partition coefficient (Wildman–Crippen LogP) is 4.77. The molecule has 0 spiro atoms. The van der Waals surface area contributed by atoms with E-state index in [0.717, 1.165) is 24.5 Å². The van der Waals surface area contributed by atoms with Gasteiger partial charge in [0, 0.05) is 6.04 Å². The molecule has 1 aliphatic rings. The number of hydrogen-bond acceptors (Lipinski definition) is 2. The van der Waals surface area contributed by atoms with Crippen LogP contribution in [-0.4, -0.2) is 12.6 Å². The third kappa shape index (κ3) is 3.43. The van der Waals surface area contributed by atoms with Gasteiger partial charge >= 0.3 is 0 Å². The average molecular weight is 261 g/mol. The average Bonchev–Trinajstić information content (AvgIpc) is 2.69. The molecule has 2 nitrogen and oxygen atoms in total. The van der Waals surface area contributed by atoms with Crippen LogP contribution < -0.4 is 10.1 Å². The summed E-state index contributed by atoms with van der Waals surface area (Å²) >= 11 is 0. The minimum atomic E-state index is 0.382. The molecule has 1 aromatic rings. The molecular weight excluding hydrogens is 234 g/mol. The minimum absolute atomic E-state index is 0.382. The zero-order valence-corrected chi connectivity index (χ0v) is 12.8. The van der Waals surface area contributed by atoms with E-state index in [0.29, 0.717) is 11.5 Å². The maximum absolute atomic E-state index is 5.88. The molecule has 1 saturated carbocycles. The maximum atomic E-state index is 5.88. The molecule has 0 aliphatic heterocycles. The Bertz CT molecular complexity index is 425. The van der Waals surface area contributed by atoms with Crippen molar-refractivity contribution in [2.75, 3.05) is 11.9 Å². The van der Waals surface area contributed by atoms with E-state index in [1.165, 1.54) is 24.8 Å². The van der Waals surface area contributed by atoms with Gasteiger partial charge in [0.1, 0.15) is 5.75 Å². The Balaban J connectivity index is 2.14. The Kier molecular flexibility index (Phi) is 4.38. The lowest BCUT2D eigenvalue weighted by atomic mass is 9.87. The Hall–Kier alpha value is -1.18. The first-order valence-corrected chi connectivity index (χ1v) is 7.53. The Labute approximate surface area is 117 Å². The summed E-state index contributed by atoms with van der Waals surface area (Å²) in [6, 6.07) is 7.01. The van der Waals surface area contributed by atoms with Gasteiger partial charge in [-0.3, -0.25) is 0 Å². The van der Waals surface area contributed by atoms with E-state index in [1.54, 1.807) is 0 Å². The molecular formula is C17H27NO. The summed E-state index contributed by atoms with van der Waals surface area (Å²) in [6.45, 7) is 9.76. The third-order valence-corrected chi connectivity index (χ3v) is 4.19. The molecule has 1 fully saturated rings. The SMILES string of the molecule is CCCOc1cc(C)ccc1NC1CCCC1(C)C. The van der Waals surface area contributed by atoms with Crippen LogP contribution in [0.15, 0.2) is 18.2 Å². The summed E-state index contributed by atoms with van der Waals surface area (Å²) in [5, 5.41) is 3.71. The van der Waals surface area contributed by atoms with Crippen molar-refractivity contribution >= 4 is 5.69 Å². The number of nitrogens with one attached hydrogen (secondary N) is 1. The van der Waals surface area contributed by atoms with Crippen LogP contribution in [0, 0.1) is 12.3 Å². The predicted molar refractivity (Wildman–Crippen MR) is 82.0 cm³/mol. The number of ether oxygens (including phenoxy) is 1. The van der Waals surface area contributed by atoms with Crippen molar-refractivity contribution in [2.24, 2.45) is 5.41 Å². The van der Waals surface area contributed by atoms with Crippen LogP contribution in [0.1, 0.15) is 52.0 Å². The number of hydrogen-bond donors (Lipinski definition) is 1. The van der Waals surface area contributed by atoms with E-state index in [4.69, 9.17) is 4.74 Å². The molecule has 0 bridgehead atoms. The Morgan fingerprint density at radius 1 is 1.37 bits per heavy atom. The smallest absolute Gasteiger partial charge is 0.142 e. The van der Waals surface area contributed by atoms with E-state index in [-0.39, 0.29) is 0 Å². The largest absolute Gasteiger partial charge is 0.491 e. The Morgan fingerprint density at radius 3 is 2.79 bits per heavy atom. The first-order chi connectivity index (χ1) is 9.03. The summed E-state index contributed by atoms with van der Waals surface area (Å²) in [5.74, 6) is 1.00. The van der Waals surface area contributed by atoms with E-state index in [9.17, 15) is 0 Å². The van der Waals surface area contributed by atoms with Crippen molar-refractivity contribution in [3.8, 4) is 5.75 Å². The summed E-state index contributed by atoms with van der Waals surface area (Å²) in [6.07, 6.45) is 4.93. The highest BCUT2D eigenvalue weighted by molar-refractivity contribution is 5.58. The summed E-state index contributed by atoms with van der Waals surface area (Å²) in [4.78, 5) is 0. The second-order valence-corrected chi connectivity index (χ2v) is 6.43. The van der Waals surface area contributed by atoms with Gasteiger partial charge in [-0.1, -0.05) is 33.3 Å². The van der Waals surface area contributed by atoms with E-state index < -0.39 is 0 Å². The van der Waals surface area contributed by atoms with Crippen LogP contribution in [0.2, 0.25) is 0 Å². The first-order valence-electron chi connectivity index (χ1n) is 7.53. The molecule has 0 heterocycles. The molecule has 1 aromatic carbocycles. The van der Waals surface area contributed by atoms with Crippen LogP contribution >= 0.6 is 0 Å². The number of benzene rings is 1. The second kappa shape index (κ2) is 5.85. The van der Waals surface area contributed by atoms with Crippen LogP contribution in [-0.2, 0) is 0 Å². The van der Waals surface area contributed by atoms with Crippen LogP contribution in [0.25, 0.3) is 0 Å². The van der Waals surface area contributed by atoms with Gasteiger partial charge in [-0.15, -0.1) is 0 Å². The number of anilines is 1. The molecule has 1 unspecified atom stereocenters. The van der Waals surface area contributed by atoms with E-state index >= 15 is 0 Å². The van der Waals surface area contributed by atoms with Crippen molar-refractivity contribution < 1.29 is 4.74 Å². The minimum Gasteiger partial charge on any atom is -0.491 e. The van der Waals surface area contributed by atoms with E-state index in [2.05, 4.69) is 51.2 Å². The molecule has 19 heavy (non-hydrogen) atoms. The van der Waals surface area contributed by atoms with Gasteiger partial charge < -0.3 is 10.1 Å². The third-order valence-electron chi connectivity index (χ3n) is 4.19. The van der Waals surface area contributed by atoms with Crippen molar-refractivity contribution in [1.82, 2.24) is 0 Å². The fraction of sp³-hybridized carbons (Fsp3) is 0.647. The monoisotopic (exact) mass is 261 g/mol. The molecule has 0 radical (unpaired) electrons. The van der Waals surface area contributed by atoms with E-state index in [1.807, 2.05) is 0 Å². The zero-order chi connectivity index (χ0) is 13.9. The standard InChI is InChI=1S/C17H27NO/c1-5-11-19-15-12-13(2)8-9-14(15)18-16-7-6-10-17(16,3)4/h8-9,12,16,18H,5-7,10-11H2,1-4H3. The maximum Gasteiger partial charge on any atom is 0.142 e. The molecule has 106 valence electrons. The Morgan fingerprint density at radius 2 is 2.16 bits per heavy atom. The lowest BCUT2D eigenvalue weighted by Gasteiger charge is -2.29. The lowest BCUT2D eigenvalue weighted by molar-refractivity contribution is 0.315. The second-order valence-electron chi connectivity index (χ2n) is 6.43. The van der Waals surface area contributed by atoms with Crippen LogP contribution in [0.3, 0.4) is 0 Å². The van der Waals surface area contributed by atoms with Gasteiger partial charge in [-0.2, -0.15) is 0 Å². The van der Waals surface area contributed by atoms with Crippen molar-refractivity contribution in [2.45, 2.75) is 59.4 Å². The molecule has 1 N–H and O–H groups in total. The summed E-state index contributed by atoms with van der Waals surface area (Å²) in [5.41, 5.74) is 2.79. The number of aryl methyl sites for hydroxylation is 1. The quantitative estimate of drug-likeness (QED) is 0.824. The summed E-state index contributed by atoms with van der Waals surface area (Å²) < 4.78 is 5.88. The van der Waals surface area contributed by atoms with Crippen molar-refractivity contribution in [3.63, 3.8) is 0 Å². The van der Waals surface area contributed by atoms with Gasteiger partial charge in [0.05, 0.1) is 12.3 Å². The first kappa shape index (κ1) is 14.2. The lowest BCUT2D eigenvalue weighted by Crippen LogP contribution is -2.31. The van der Waals surface area contributed by atoms with Crippen molar-refractivity contribution in [1.29, 1.82) is 0 Å². The van der Waals surface area contributed by atoms with Crippen LogP contribution in [0.5, 0.6) is 5.75 Å². The molecule has 2 rings (SSSR count). The molecule has 0 saturated heterocycles. The highest BCUT2D eigenvalue weighted by Gasteiger charge is 2.34. The topological polar surface area (TPSA) is 21.3 Å². The molecule has 1 aliphatic carbocycles. The summed E-state index contributed by atoms with van der Waals surface area (Å²) in [7, 11) is 0. The fourth-order valence-electron chi connectivity index (χ4n) is 2.86. The van der Waals surface area contributed by atoms with Gasteiger partial charge in [-0.05, 0) is 49.3 Å². The van der Waals surface area contributed by atoms with Gasteiger partial charge in [0.2, 0.25) is 0 Å². The van der Waals surface area contributed by atoms with Crippen molar-refractivity contribution in [3.05, 3.63) is 23.8 Å².